The van der Waals surface area contributed by atoms with Crippen molar-refractivity contribution in [2.45, 2.75) is 32.1 Å². The number of fused-ring (bicyclic) bond motifs is 5. The van der Waals surface area contributed by atoms with E-state index in [1.165, 1.54) is 28.7 Å². The zero-order valence-electron chi connectivity index (χ0n) is 16.6. The molecule has 0 saturated heterocycles. The van der Waals surface area contributed by atoms with E-state index in [4.69, 9.17) is 14.5 Å². The third kappa shape index (κ3) is 3.17. The number of anilines is 1. The zero-order valence-corrected chi connectivity index (χ0v) is 17.4. The van der Waals surface area contributed by atoms with Gasteiger partial charge in [-0.25, -0.2) is 9.97 Å². The van der Waals surface area contributed by atoms with Crippen LogP contribution in [0.2, 0.25) is 0 Å². The number of hydrogen-bond acceptors (Lipinski definition) is 7. The molecule has 1 aliphatic rings. The van der Waals surface area contributed by atoms with E-state index in [-0.39, 0.29) is 0 Å². The number of benzene rings is 1. The van der Waals surface area contributed by atoms with Gasteiger partial charge in [0.1, 0.15) is 11.2 Å². The predicted molar refractivity (Wildman–Crippen MR) is 115 cm³/mol. The first-order valence-corrected chi connectivity index (χ1v) is 10.7. The number of aromatic nitrogens is 4. The van der Waals surface area contributed by atoms with Crippen molar-refractivity contribution in [1.29, 1.82) is 0 Å². The molecule has 4 aromatic rings. The highest BCUT2D eigenvalue weighted by molar-refractivity contribution is 7.19. The number of nitrogens with one attached hydrogen (secondary N) is 1. The Labute approximate surface area is 172 Å². The van der Waals surface area contributed by atoms with Gasteiger partial charge in [-0.05, 0) is 55.4 Å². The van der Waals surface area contributed by atoms with Gasteiger partial charge in [0.2, 0.25) is 5.95 Å². The molecule has 0 spiro atoms. The van der Waals surface area contributed by atoms with Crippen molar-refractivity contribution in [2.75, 3.05) is 26.1 Å². The Morgan fingerprint density at radius 1 is 1.14 bits per heavy atom. The lowest BCUT2D eigenvalue weighted by atomic mass is 9.97. The topological polar surface area (TPSA) is 73.6 Å². The van der Waals surface area contributed by atoms with Crippen molar-refractivity contribution in [3.8, 4) is 11.5 Å². The number of methoxy groups -OCH3 is 2. The quantitative estimate of drug-likeness (QED) is 0.521. The molecule has 0 aliphatic heterocycles. The fourth-order valence-electron chi connectivity index (χ4n) is 4.04. The molecule has 0 amide bonds. The van der Waals surface area contributed by atoms with Crippen molar-refractivity contribution in [3.63, 3.8) is 0 Å². The van der Waals surface area contributed by atoms with Crippen molar-refractivity contribution >= 4 is 33.1 Å². The van der Waals surface area contributed by atoms with E-state index < -0.39 is 0 Å². The molecule has 150 valence electrons. The van der Waals surface area contributed by atoms with Gasteiger partial charge in [0.25, 0.3) is 0 Å². The summed E-state index contributed by atoms with van der Waals surface area (Å²) in [5, 5.41) is 9.05. The van der Waals surface area contributed by atoms with Crippen molar-refractivity contribution < 1.29 is 9.47 Å². The molecule has 8 heteroatoms. The lowest BCUT2D eigenvalue weighted by Crippen LogP contribution is -2.11. The average Bonchev–Trinajstić information content (AvgIpc) is 3.37. The number of rotatable bonds is 6. The second-order valence-corrected chi connectivity index (χ2v) is 8.27. The molecule has 0 bridgehead atoms. The molecule has 0 atom stereocenters. The van der Waals surface area contributed by atoms with Crippen LogP contribution in [0.3, 0.4) is 0 Å². The van der Waals surface area contributed by atoms with Gasteiger partial charge in [0.15, 0.2) is 17.1 Å². The Balaban J connectivity index is 1.41. The minimum absolute atomic E-state index is 0.730. The average molecular weight is 410 g/mol. The van der Waals surface area contributed by atoms with Gasteiger partial charge >= 0.3 is 0 Å². The molecule has 1 aliphatic carbocycles. The maximum atomic E-state index is 5.40. The molecule has 5 rings (SSSR count). The number of nitrogens with zero attached hydrogens (tertiary/aromatic N) is 4. The Hall–Kier alpha value is -2.87. The fraction of sp³-hybridized carbons (Fsp3) is 0.381. The molecular weight excluding hydrogens is 386 g/mol. The van der Waals surface area contributed by atoms with Crippen LogP contribution in [0.5, 0.6) is 11.5 Å². The third-order valence-corrected chi connectivity index (χ3v) is 6.66. The van der Waals surface area contributed by atoms with E-state index in [1.807, 2.05) is 28.0 Å². The van der Waals surface area contributed by atoms with Gasteiger partial charge in [0, 0.05) is 11.4 Å². The number of thiophene rings is 1. The van der Waals surface area contributed by atoms with E-state index >= 15 is 0 Å². The van der Waals surface area contributed by atoms with Crippen LogP contribution in [0.1, 0.15) is 28.8 Å². The summed E-state index contributed by atoms with van der Waals surface area (Å²) < 4.78 is 12.5. The second-order valence-electron chi connectivity index (χ2n) is 7.19. The molecule has 0 radical (unpaired) electrons. The Morgan fingerprint density at radius 2 is 2.00 bits per heavy atom. The SMILES string of the molecule is COc1ccc(CCNc2nc3sc4c(c3c3ncnn23)CCCC4)cc1OC. The van der Waals surface area contributed by atoms with Gasteiger partial charge in [0.05, 0.1) is 19.6 Å². The van der Waals surface area contributed by atoms with E-state index in [2.05, 4.69) is 21.5 Å². The van der Waals surface area contributed by atoms with Gasteiger partial charge in [-0.2, -0.15) is 9.61 Å². The molecule has 0 fully saturated rings. The Kier molecular flexibility index (Phi) is 4.71. The summed E-state index contributed by atoms with van der Waals surface area (Å²) in [6.07, 6.45) is 7.22. The predicted octanol–water partition coefficient (Wildman–Crippen LogP) is 3.89. The summed E-state index contributed by atoms with van der Waals surface area (Å²) in [6.45, 7) is 0.730. The van der Waals surface area contributed by atoms with Gasteiger partial charge in [-0.1, -0.05) is 6.07 Å². The highest BCUT2D eigenvalue weighted by Gasteiger charge is 2.21. The van der Waals surface area contributed by atoms with Crippen LogP contribution in [0, 0.1) is 0 Å². The van der Waals surface area contributed by atoms with Crippen LogP contribution in [-0.4, -0.2) is 40.3 Å². The normalized spacial score (nSPS) is 13.6. The summed E-state index contributed by atoms with van der Waals surface area (Å²) in [7, 11) is 3.30. The van der Waals surface area contributed by atoms with Crippen LogP contribution in [0.25, 0.3) is 15.9 Å². The van der Waals surface area contributed by atoms with E-state index in [0.29, 0.717) is 0 Å². The molecular formula is C21H23N5O2S. The van der Waals surface area contributed by atoms with Gasteiger partial charge < -0.3 is 14.8 Å². The summed E-state index contributed by atoms with van der Waals surface area (Å²) in [4.78, 5) is 12.0. The first-order valence-electron chi connectivity index (χ1n) is 9.87. The molecule has 29 heavy (non-hydrogen) atoms. The number of aryl methyl sites for hydroxylation is 2. The van der Waals surface area contributed by atoms with Crippen LogP contribution in [0.15, 0.2) is 24.5 Å². The zero-order chi connectivity index (χ0) is 19.8. The molecule has 1 aromatic carbocycles. The highest BCUT2D eigenvalue weighted by Crippen LogP contribution is 2.37. The molecule has 7 nitrogen and oxygen atoms in total. The molecule has 3 heterocycles. The summed E-state index contributed by atoms with van der Waals surface area (Å²) >= 11 is 1.81. The Morgan fingerprint density at radius 3 is 2.86 bits per heavy atom. The third-order valence-electron chi connectivity index (χ3n) is 5.48. The minimum atomic E-state index is 0.730. The molecule has 0 saturated carbocycles. The van der Waals surface area contributed by atoms with Gasteiger partial charge in [-0.15, -0.1) is 11.3 Å². The fourth-order valence-corrected chi connectivity index (χ4v) is 5.30. The lowest BCUT2D eigenvalue weighted by Gasteiger charge is -2.12. The smallest absolute Gasteiger partial charge is 0.227 e. The standard InChI is InChI=1S/C21H23N5O2S/c1-27-15-8-7-13(11-16(15)28-2)9-10-22-21-25-20-18(19-23-12-24-26(19)21)14-5-3-4-6-17(14)29-20/h7-8,11-12H,3-6,9-10H2,1-2H3,(H,22,25). The Bertz CT molecular complexity index is 1180. The highest BCUT2D eigenvalue weighted by atomic mass is 32.1. The van der Waals surface area contributed by atoms with Crippen LogP contribution in [-0.2, 0) is 19.3 Å². The van der Waals surface area contributed by atoms with E-state index in [0.717, 1.165) is 59.3 Å². The monoisotopic (exact) mass is 409 g/mol. The minimum Gasteiger partial charge on any atom is -0.493 e. The number of hydrogen-bond donors (Lipinski definition) is 1. The van der Waals surface area contributed by atoms with Crippen molar-refractivity contribution in [1.82, 2.24) is 19.6 Å². The van der Waals surface area contributed by atoms with E-state index in [9.17, 15) is 0 Å². The maximum Gasteiger partial charge on any atom is 0.227 e. The second kappa shape index (κ2) is 7.51. The van der Waals surface area contributed by atoms with E-state index in [1.54, 1.807) is 20.5 Å². The summed E-state index contributed by atoms with van der Waals surface area (Å²) in [5.74, 6) is 2.22. The molecule has 3 aromatic heterocycles. The number of ether oxygens (including phenoxy) is 2. The van der Waals surface area contributed by atoms with Crippen molar-refractivity contribution in [2.24, 2.45) is 0 Å². The molecule has 0 unspecified atom stereocenters. The van der Waals surface area contributed by atoms with Crippen LogP contribution in [0.4, 0.5) is 5.95 Å². The largest absolute Gasteiger partial charge is 0.493 e. The maximum absolute atomic E-state index is 5.40. The molecule has 1 N–H and O–H groups in total. The summed E-state index contributed by atoms with van der Waals surface area (Å²) in [6, 6.07) is 6.00. The first kappa shape index (κ1) is 18.2. The first-order chi connectivity index (χ1) is 14.3. The van der Waals surface area contributed by atoms with Crippen molar-refractivity contribution in [3.05, 3.63) is 40.5 Å². The lowest BCUT2D eigenvalue weighted by molar-refractivity contribution is 0.354. The summed E-state index contributed by atoms with van der Waals surface area (Å²) in [5.41, 5.74) is 3.50. The van der Waals surface area contributed by atoms with Crippen LogP contribution >= 0.6 is 11.3 Å². The van der Waals surface area contributed by atoms with Crippen LogP contribution < -0.4 is 14.8 Å². The van der Waals surface area contributed by atoms with Gasteiger partial charge in [-0.3, -0.25) is 0 Å².